The Hall–Kier alpha value is -1.83. The van der Waals surface area contributed by atoms with Crippen molar-refractivity contribution in [2.24, 2.45) is 0 Å². The molecule has 94 valence electrons. The fourth-order valence-electron chi connectivity index (χ4n) is 2.15. The molecule has 0 aliphatic carbocycles. The summed E-state index contributed by atoms with van der Waals surface area (Å²) in [5.74, 6) is 0.154. The summed E-state index contributed by atoms with van der Waals surface area (Å²) >= 11 is 0. The van der Waals surface area contributed by atoms with Crippen molar-refractivity contribution >= 4 is 16.6 Å². The van der Waals surface area contributed by atoms with Gasteiger partial charge in [-0.3, -0.25) is 4.79 Å². The summed E-state index contributed by atoms with van der Waals surface area (Å²) in [7, 11) is 0. The Morgan fingerprint density at radius 2 is 1.89 bits per heavy atom. The third-order valence-electron chi connectivity index (χ3n) is 3.21. The third kappa shape index (κ3) is 2.53. The topological polar surface area (TPSA) is 37.3 Å². The fraction of sp³-hybridized carbons (Fsp3) is 0.312. The van der Waals surface area contributed by atoms with Gasteiger partial charge in [-0.05, 0) is 17.9 Å². The Morgan fingerprint density at radius 1 is 1.11 bits per heavy atom. The van der Waals surface area contributed by atoms with Gasteiger partial charge in [-0.2, -0.15) is 0 Å². The van der Waals surface area contributed by atoms with Crippen molar-refractivity contribution in [2.45, 2.75) is 32.6 Å². The van der Waals surface area contributed by atoms with E-state index in [0.29, 0.717) is 12.0 Å². The Bertz CT molecular complexity index is 558. The molecule has 0 amide bonds. The monoisotopic (exact) mass is 242 g/mol. The van der Waals surface area contributed by atoms with Gasteiger partial charge in [0.1, 0.15) is 5.75 Å². The summed E-state index contributed by atoms with van der Waals surface area (Å²) in [6.07, 6.45) is 3.55. The molecule has 0 bridgehead atoms. The molecule has 2 aromatic carbocycles. The number of phenolic OH excluding ortho intramolecular Hbond substituents is 1. The quantitative estimate of drug-likeness (QED) is 0.626. The maximum Gasteiger partial charge on any atom is 0.166 e. The maximum absolute atomic E-state index is 12.0. The van der Waals surface area contributed by atoms with E-state index in [1.54, 1.807) is 6.07 Å². The molecule has 2 heteroatoms. The SMILES string of the molecule is CCCCCC(=O)c1ccc2ccccc2c1O. The maximum atomic E-state index is 12.0. The summed E-state index contributed by atoms with van der Waals surface area (Å²) in [6.45, 7) is 2.11. The average Bonchev–Trinajstić information content (AvgIpc) is 2.39. The molecule has 0 aromatic heterocycles. The van der Waals surface area contributed by atoms with Crippen molar-refractivity contribution in [1.29, 1.82) is 0 Å². The molecule has 2 rings (SSSR count). The van der Waals surface area contributed by atoms with Gasteiger partial charge in [0.2, 0.25) is 0 Å². The molecule has 0 heterocycles. The summed E-state index contributed by atoms with van der Waals surface area (Å²) < 4.78 is 0. The summed E-state index contributed by atoms with van der Waals surface area (Å²) in [5, 5.41) is 11.9. The third-order valence-corrected chi connectivity index (χ3v) is 3.21. The molecule has 0 aliphatic rings. The van der Waals surface area contributed by atoms with Crippen molar-refractivity contribution in [3.8, 4) is 5.75 Å². The first-order chi connectivity index (χ1) is 8.74. The van der Waals surface area contributed by atoms with E-state index in [1.165, 1.54) is 0 Å². The predicted molar refractivity (Wildman–Crippen MR) is 74.1 cm³/mol. The number of fused-ring (bicyclic) bond motifs is 1. The molecule has 0 saturated carbocycles. The lowest BCUT2D eigenvalue weighted by Gasteiger charge is -2.07. The Balaban J connectivity index is 2.28. The van der Waals surface area contributed by atoms with Crippen molar-refractivity contribution in [1.82, 2.24) is 0 Å². The highest BCUT2D eigenvalue weighted by molar-refractivity contribution is 6.04. The highest BCUT2D eigenvalue weighted by Gasteiger charge is 2.12. The van der Waals surface area contributed by atoms with Crippen molar-refractivity contribution < 1.29 is 9.90 Å². The molecule has 1 N–H and O–H groups in total. The number of hydrogen-bond donors (Lipinski definition) is 1. The number of Topliss-reactive ketones (excluding diaryl/α,β-unsaturated/α-hetero) is 1. The van der Waals surface area contributed by atoms with Crippen molar-refractivity contribution in [2.75, 3.05) is 0 Å². The fourth-order valence-corrected chi connectivity index (χ4v) is 2.15. The van der Waals surface area contributed by atoms with Crippen LogP contribution in [0.5, 0.6) is 5.75 Å². The van der Waals surface area contributed by atoms with Crippen LogP contribution >= 0.6 is 0 Å². The summed E-state index contributed by atoms with van der Waals surface area (Å²) in [5.41, 5.74) is 0.449. The Morgan fingerprint density at radius 3 is 2.67 bits per heavy atom. The van der Waals surface area contributed by atoms with Gasteiger partial charge in [0.15, 0.2) is 5.78 Å². The average molecular weight is 242 g/mol. The van der Waals surface area contributed by atoms with Crippen molar-refractivity contribution in [3.05, 3.63) is 42.0 Å². The number of unbranched alkanes of at least 4 members (excludes halogenated alkanes) is 2. The van der Waals surface area contributed by atoms with E-state index >= 15 is 0 Å². The predicted octanol–water partition coefficient (Wildman–Crippen LogP) is 4.31. The molecule has 0 spiro atoms. The smallest absolute Gasteiger partial charge is 0.166 e. The minimum atomic E-state index is 0.0340. The molecule has 0 fully saturated rings. The summed E-state index contributed by atoms with van der Waals surface area (Å²) in [4.78, 5) is 12.0. The van der Waals surface area contributed by atoms with Gasteiger partial charge in [-0.25, -0.2) is 0 Å². The molecule has 0 atom stereocenters. The summed E-state index contributed by atoms with van der Waals surface area (Å²) in [6, 6.07) is 11.2. The van der Waals surface area contributed by atoms with Gasteiger partial charge >= 0.3 is 0 Å². The van der Waals surface area contributed by atoms with Crippen LogP contribution in [0.25, 0.3) is 10.8 Å². The molecule has 2 nitrogen and oxygen atoms in total. The highest BCUT2D eigenvalue weighted by Crippen LogP contribution is 2.29. The zero-order chi connectivity index (χ0) is 13.0. The van der Waals surface area contributed by atoms with E-state index in [2.05, 4.69) is 6.92 Å². The first-order valence-corrected chi connectivity index (χ1v) is 6.48. The van der Waals surface area contributed by atoms with Gasteiger partial charge in [0.05, 0.1) is 5.56 Å². The second kappa shape index (κ2) is 5.67. The molecular formula is C16H18O2. The van der Waals surface area contributed by atoms with Gasteiger partial charge in [-0.1, -0.05) is 50.1 Å². The van der Waals surface area contributed by atoms with E-state index in [-0.39, 0.29) is 11.5 Å². The van der Waals surface area contributed by atoms with Crippen LogP contribution in [0.1, 0.15) is 43.0 Å². The molecule has 0 saturated heterocycles. The molecule has 18 heavy (non-hydrogen) atoms. The largest absolute Gasteiger partial charge is 0.507 e. The number of carbonyl (C=O) groups is 1. The second-order valence-electron chi connectivity index (χ2n) is 4.56. The lowest BCUT2D eigenvalue weighted by Crippen LogP contribution is -1.99. The number of hydrogen-bond acceptors (Lipinski definition) is 2. The van der Waals surface area contributed by atoms with Crippen LogP contribution < -0.4 is 0 Å². The number of carbonyl (C=O) groups excluding carboxylic acids is 1. The van der Waals surface area contributed by atoms with E-state index in [1.807, 2.05) is 30.3 Å². The number of aromatic hydroxyl groups is 1. The first kappa shape index (κ1) is 12.6. The van der Waals surface area contributed by atoms with Crippen LogP contribution in [0.2, 0.25) is 0 Å². The zero-order valence-electron chi connectivity index (χ0n) is 10.6. The van der Waals surface area contributed by atoms with E-state index in [0.717, 1.165) is 30.0 Å². The highest BCUT2D eigenvalue weighted by atomic mass is 16.3. The Labute approximate surface area is 107 Å². The van der Waals surface area contributed by atoms with Crippen LogP contribution in [-0.4, -0.2) is 10.9 Å². The normalized spacial score (nSPS) is 10.7. The second-order valence-corrected chi connectivity index (χ2v) is 4.56. The van der Waals surface area contributed by atoms with Crippen LogP contribution in [0.4, 0.5) is 0 Å². The van der Waals surface area contributed by atoms with E-state index in [4.69, 9.17) is 0 Å². The van der Waals surface area contributed by atoms with Crippen LogP contribution in [0.3, 0.4) is 0 Å². The van der Waals surface area contributed by atoms with Crippen LogP contribution in [0.15, 0.2) is 36.4 Å². The lowest BCUT2D eigenvalue weighted by molar-refractivity contribution is 0.0977. The van der Waals surface area contributed by atoms with E-state index in [9.17, 15) is 9.90 Å². The molecule has 0 aliphatic heterocycles. The molecule has 2 aromatic rings. The van der Waals surface area contributed by atoms with E-state index < -0.39 is 0 Å². The van der Waals surface area contributed by atoms with Gasteiger partial charge in [0.25, 0.3) is 0 Å². The molecule has 0 radical (unpaired) electrons. The number of phenols is 1. The lowest BCUT2D eigenvalue weighted by atomic mass is 9.99. The number of ketones is 1. The first-order valence-electron chi connectivity index (χ1n) is 6.48. The van der Waals surface area contributed by atoms with Crippen molar-refractivity contribution in [3.63, 3.8) is 0 Å². The zero-order valence-corrected chi connectivity index (χ0v) is 10.6. The molecular weight excluding hydrogens is 224 g/mol. The minimum absolute atomic E-state index is 0.0340. The standard InChI is InChI=1S/C16H18O2/c1-2-3-4-9-15(17)14-11-10-12-7-5-6-8-13(12)16(14)18/h5-8,10-11,18H,2-4,9H2,1H3. The number of rotatable bonds is 5. The Kier molecular flexibility index (Phi) is 3.98. The van der Waals surface area contributed by atoms with Gasteiger partial charge in [-0.15, -0.1) is 0 Å². The van der Waals surface area contributed by atoms with Crippen LogP contribution in [0, 0.1) is 0 Å². The van der Waals surface area contributed by atoms with Gasteiger partial charge in [0, 0.05) is 11.8 Å². The molecule has 0 unspecified atom stereocenters. The number of benzene rings is 2. The van der Waals surface area contributed by atoms with Crippen LogP contribution in [-0.2, 0) is 0 Å². The minimum Gasteiger partial charge on any atom is -0.507 e. The van der Waals surface area contributed by atoms with Gasteiger partial charge < -0.3 is 5.11 Å².